The fourth-order valence-electron chi connectivity index (χ4n) is 2.14. The summed E-state index contributed by atoms with van der Waals surface area (Å²) in [7, 11) is 0. The largest absolute Gasteiger partial charge is 0.454 e. The minimum atomic E-state index is -0.439. The number of nitrogens with one attached hydrogen (secondary N) is 1. The Balaban J connectivity index is 1.94. The Morgan fingerprint density at radius 1 is 1.40 bits per heavy atom. The monoisotopic (exact) mass is 278 g/mol. The summed E-state index contributed by atoms with van der Waals surface area (Å²) in [6, 6.07) is 5.13. The van der Waals surface area contributed by atoms with Crippen LogP contribution in [-0.4, -0.2) is 18.7 Å². The average molecular weight is 278 g/mol. The van der Waals surface area contributed by atoms with Crippen LogP contribution in [0.5, 0.6) is 11.5 Å². The number of carbonyl (C=O) groups is 1. The van der Waals surface area contributed by atoms with Gasteiger partial charge in [0.15, 0.2) is 11.5 Å². The van der Waals surface area contributed by atoms with E-state index in [1.165, 1.54) is 0 Å². The first-order valence-corrected chi connectivity index (χ1v) is 7.07. The number of nitrogens with two attached hydrogens (primary N) is 1. The Hall–Kier alpha value is -1.75. The van der Waals surface area contributed by atoms with E-state index >= 15 is 0 Å². The molecule has 110 valence electrons. The van der Waals surface area contributed by atoms with Gasteiger partial charge in [0.2, 0.25) is 12.7 Å². The second kappa shape index (κ2) is 6.61. The van der Waals surface area contributed by atoms with E-state index in [1.807, 2.05) is 25.1 Å². The summed E-state index contributed by atoms with van der Waals surface area (Å²) in [5, 5.41) is 2.94. The van der Waals surface area contributed by atoms with Crippen LogP contribution in [0, 0.1) is 0 Å². The number of rotatable bonds is 6. The molecule has 3 N–H and O–H groups in total. The summed E-state index contributed by atoms with van der Waals surface area (Å²) in [6.45, 7) is 4.27. The molecular weight excluding hydrogens is 256 g/mol. The molecule has 1 aliphatic heterocycles. The zero-order chi connectivity index (χ0) is 14.5. The van der Waals surface area contributed by atoms with Crippen molar-refractivity contribution in [2.24, 2.45) is 5.73 Å². The van der Waals surface area contributed by atoms with Gasteiger partial charge < -0.3 is 20.5 Å². The molecule has 0 saturated heterocycles. The Morgan fingerprint density at radius 3 is 2.90 bits per heavy atom. The number of ether oxygens (including phenoxy) is 2. The minimum absolute atomic E-state index is 0.107. The molecule has 1 aromatic rings. The van der Waals surface area contributed by atoms with Crippen molar-refractivity contribution in [3.8, 4) is 11.5 Å². The van der Waals surface area contributed by atoms with Gasteiger partial charge in [0.25, 0.3) is 0 Å². The first kappa shape index (κ1) is 14.7. The van der Waals surface area contributed by atoms with E-state index in [2.05, 4.69) is 12.2 Å². The SMILES string of the molecule is CCCC[C@H](N)C(=O)NC(C)c1ccc2c(c1)OCO2. The minimum Gasteiger partial charge on any atom is -0.454 e. The van der Waals surface area contributed by atoms with Crippen molar-refractivity contribution in [1.29, 1.82) is 0 Å². The predicted molar refractivity (Wildman–Crippen MR) is 76.6 cm³/mol. The van der Waals surface area contributed by atoms with E-state index in [-0.39, 0.29) is 18.7 Å². The van der Waals surface area contributed by atoms with Crippen LogP contribution < -0.4 is 20.5 Å². The molecule has 1 aromatic carbocycles. The highest BCUT2D eigenvalue weighted by atomic mass is 16.7. The van der Waals surface area contributed by atoms with Crippen LogP contribution in [0.1, 0.15) is 44.7 Å². The van der Waals surface area contributed by atoms with E-state index in [9.17, 15) is 4.79 Å². The standard InChI is InChI=1S/C15H22N2O3/c1-3-4-5-12(16)15(18)17-10(2)11-6-7-13-14(8-11)20-9-19-13/h6-8,10,12H,3-5,9,16H2,1-2H3,(H,17,18)/t10?,12-/m0/s1. The Bertz CT molecular complexity index is 476. The lowest BCUT2D eigenvalue weighted by atomic mass is 10.1. The van der Waals surface area contributed by atoms with E-state index in [1.54, 1.807) is 0 Å². The molecule has 2 atom stereocenters. The van der Waals surface area contributed by atoms with Crippen molar-refractivity contribution in [2.75, 3.05) is 6.79 Å². The van der Waals surface area contributed by atoms with Crippen LogP contribution in [0.3, 0.4) is 0 Å². The molecule has 5 nitrogen and oxygen atoms in total. The number of unbranched alkanes of at least 4 members (excludes halogenated alkanes) is 1. The van der Waals surface area contributed by atoms with Crippen LogP contribution in [-0.2, 0) is 4.79 Å². The highest BCUT2D eigenvalue weighted by molar-refractivity contribution is 5.81. The van der Waals surface area contributed by atoms with E-state index < -0.39 is 6.04 Å². The number of fused-ring (bicyclic) bond motifs is 1. The smallest absolute Gasteiger partial charge is 0.237 e. The van der Waals surface area contributed by atoms with Crippen molar-refractivity contribution < 1.29 is 14.3 Å². The molecule has 0 spiro atoms. The fraction of sp³-hybridized carbons (Fsp3) is 0.533. The van der Waals surface area contributed by atoms with Crippen LogP contribution in [0.15, 0.2) is 18.2 Å². The molecule has 2 rings (SSSR count). The maximum atomic E-state index is 12.0. The van der Waals surface area contributed by atoms with Gasteiger partial charge >= 0.3 is 0 Å². The summed E-state index contributed by atoms with van der Waals surface area (Å²) in [5.41, 5.74) is 6.84. The van der Waals surface area contributed by atoms with Crippen molar-refractivity contribution >= 4 is 5.91 Å². The van der Waals surface area contributed by atoms with Gasteiger partial charge in [-0.15, -0.1) is 0 Å². The van der Waals surface area contributed by atoms with Gasteiger partial charge in [-0.3, -0.25) is 4.79 Å². The third-order valence-corrected chi connectivity index (χ3v) is 3.46. The summed E-state index contributed by atoms with van der Waals surface area (Å²) < 4.78 is 10.6. The fourth-order valence-corrected chi connectivity index (χ4v) is 2.14. The summed E-state index contributed by atoms with van der Waals surface area (Å²) >= 11 is 0. The zero-order valence-corrected chi connectivity index (χ0v) is 12.0. The number of amides is 1. The highest BCUT2D eigenvalue weighted by Crippen LogP contribution is 2.34. The second-order valence-electron chi connectivity index (χ2n) is 5.09. The zero-order valence-electron chi connectivity index (χ0n) is 12.0. The van der Waals surface area contributed by atoms with Gasteiger partial charge in [-0.25, -0.2) is 0 Å². The first-order valence-electron chi connectivity index (χ1n) is 7.07. The maximum Gasteiger partial charge on any atom is 0.237 e. The third kappa shape index (κ3) is 3.42. The Kier molecular flexibility index (Phi) is 4.84. The van der Waals surface area contributed by atoms with E-state index in [4.69, 9.17) is 15.2 Å². The van der Waals surface area contributed by atoms with Gasteiger partial charge in [0.05, 0.1) is 12.1 Å². The van der Waals surface area contributed by atoms with Crippen LogP contribution in [0.25, 0.3) is 0 Å². The lowest BCUT2D eigenvalue weighted by Gasteiger charge is -2.18. The second-order valence-corrected chi connectivity index (χ2v) is 5.09. The molecule has 1 aliphatic rings. The van der Waals surface area contributed by atoms with Gasteiger partial charge in [0, 0.05) is 0 Å². The first-order chi connectivity index (χ1) is 9.61. The topological polar surface area (TPSA) is 73.6 Å². The van der Waals surface area contributed by atoms with E-state index in [0.717, 1.165) is 36.3 Å². The van der Waals surface area contributed by atoms with Gasteiger partial charge in [-0.1, -0.05) is 25.8 Å². The quantitative estimate of drug-likeness (QED) is 0.836. The average Bonchev–Trinajstić information content (AvgIpc) is 2.91. The molecule has 0 saturated carbocycles. The van der Waals surface area contributed by atoms with Crippen LogP contribution >= 0.6 is 0 Å². The van der Waals surface area contributed by atoms with Crippen LogP contribution in [0.4, 0.5) is 0 Å². The van der Waals surface area contributed by atoms with Crippen molar-refractivity contribution in [1.82, 2.24) is 5.32 Å². The number of hydrogen-bond donors (Lipinski definition) is 2. The molecule has 1 heterocycles. The molecule has 0 bridgehead atoms. The summed E-state index contributed by atoms with van der Waals surface area (Å²) in [6.07, 6.45) is 2.72. The molecule has 0 fully saturated rings. The molecule has 1 amide bonds. The van der Waals surface area contributed by atoms with Crippen molar-refractivity contribution in [2.45, 2.75) is 45.2 Å². The summed E-state index contributed by atoms with van der Waals surface area (Å²) in [5.74, 6) is 1.36. The number of benzene rings is 1. The van der Waals surface area contributed by atoms with Crippen molar-refractivity contribution in [3.63, 3.8) is 0 Å². The molecule has 0 aliphatic carbocycles. The summed E-state index contributed by atoms with van der Waals surface area (Å²) in [4.78, 5) is 12.0. The normalized spacial score (nSPS) is 15.8. The highest BCUT2D eigenvalue weighted by Gasteiger charge is 2.19. The number of carbonyl (C=O) groups excluding carboxylic acids is 1. The Labute approximate surface area is 119 Å². The van der Waals surface area contributed by atoms with Gasteiger partial charge in [0.1, 0.15) is 0 Å². The van der Waals surface area contributed by atoms with Crippen LogP contribution in [0.2, 0.25) is 0 Å². The number of hydrogen-bond acceptors (Lipinski definition) is 4. The maximum absolute atomic E-state index is 12.0. The lowest BCUT2D eigenvalue weighted by molar-refractivity contribution is -0.123. The van der Waals surface area contributed by atoms with E-state index in [0.29, 0.717) is 0 Å². The van der Waals surface area contributed by atoms with Gasteiger partial charge in [-0.2, -0.15) is 0 Å². The molecule has 0 aromatic heterocycles. The third-order valence-electron chi connectivity index (χ3n) is 3.46. The predicted octanol–water partition coefficient (Wildman–Crippen LogP) is 2.11. The molecule has 1 unspecified atom stereocenters. The van der Waals surface area contributed by atoms with Gasteiger partial charge in [-0.05, 0) is 31.0 Å². The molecule has 0 radical (unpaired) electrons. The molecular formula is C15H22N2O3. The lowest BCUT2D eigenvalue weighted by Crippen LogP contribution is -2.41. The molecule has 20 heavy (non-hydrogen) atoms. The molecule has 5 heteroatoms. The Morgan fingerprint density at radius 2 is 2.15 bits per heavy atom. The van der Waals surface area contributed by atoms with Crippen molar-refractivity contribution in [3.05, 3.63) is 23.8 Å².